The van der Waals surface area contributed by atoms with Crippen molar-refractivity contribution >= 4 is 0 Å². The Bertz CT molecular complexity index is 394. The molecule has 0 aromatic heterocycles. The van der Waals surface area contributed by atoms with Crippen LogP contribution >= 0.6 is 0 Å². The Hall–Kier alpha value is -1.26. The van der Waals surface area contributed by atoms with E-state index >= 15 is 0 Å². The molecule has 2 aliphatic rings. The first kappa shape index (κ1) is 9.93. The molecule has 86 valence electrons. The predicted octanol–water partition coefficient (Wildman–Crippen LogP) is 1.59. The Labute approximate surface area is 94.3 Å². The molecule has 2 atom stereocenters. The molecular formula is C12H15NO3. The van der Waals surface area contributed by atoms with Crippen molar-refractivity contribution in [2.75, 3.05) is 13.4 Å². The summed E-state index contributed by atoms with van der Waals surface area (Å²) in [6.07, 6.45) is 1.92. The van der Waals surface area contributed by atoms with Gasteiger partial charge in [-0.25, -0.2) is 0 Å². The van der Waals surface area contributed by atoms with Crippen LogP contribution in [0.4, 0.5) is 0 Å². The molecule has 4 heteroatoms. The summed E-state index contributed by atoms with van der Waals surface area (Å²) in [4.78, 5) is 0. The van der Waals surface area contributed by atoms with Gasteiger partial charge in [0, 0.05) is 12.6 Å². The summed E-state index contributed by atoms with van der Waals surface area (Å²) in [5.74, 6) is 1.61. The lowest BCUT2D eigenvalue weighted by atomic mass is 9.98. The molecule has 0 bridgehead atoms. The molecular weight excluding hydrogens is 206 g/mol. The van der Waals surface area contributed by atoms with Crippen LogP contribution < -0.4 is 15.2 Å². The van der Waals surface area contributed by atoms with Crippen LogP contribution in [-0.2, 0) is 4.74 Å². The highest BCUT2D eigenvalue weighted by molar-refractivity contribution is 5.45. The topological polar surface area (TPSA) is 53.7 Å². The molecule has 1 fully saturated rings. The Morgan fingerprint density at radius 3 is 2.94 bits per heavy atom. The molecule has 4 nitrogen and oxygen atoms in total. The summed E-state index contributed by atoms with van der Waals surface area (Å²) < 4.78 is 16.3. The van der Waals surface area contributed by atoms with Gasteiger partial charge in [0.1, 0.15) is 0 Å². The normalized spacial score (nSPS) is 28.1. The van der Waals surface area contributed by atoms with Crippen molar-refractivity contribution in [1.82, 2.24) is 0 Å². The fraction of sp³-hybridized carbons (Fsp3) is 0.500. The van der Waals surface area contributed by atoms with Crippen molar-refractivity contribution in [1.29, 1.82) is 0 Å². The molecule has 2 heterocycles. The lowest BCUT2D eigenvalue weighted by molar-refractivity contribution is 0.00658. The van der Waals surface area contributed by atoms with Crippen molar-refractivity contribution < 1.29 is 14.2 Å². The van der Waals surface area contributed by atoms with Gasteiger partial charge in [-0.15, -0.1) is 0 Å². The molecule has 0 spiro atoms. The number of rotatable bonds is 1. The summed E-state index contributed by atoms with van der Waals surface area (Å²) in [6, 6.07) is 6.19. The van der Waals surface area contributed by atoms with E-state index < -0.39 is 0 Å². The third-order valence-corrected chi connectivity index (χ3v) is 3.09. The predicted molar refractivity (Wildman–Crippen MR) is 58.5 cm³/mol. The average molecular weight is 221 g/mol. The molecule has 2 aliphatic heterocycles. The van der Waals surface area contributed by atoms with Crippen molar-refractivity contribution in [3.8, 4) is 11.5 Å². The van der Waals surface area contributed by atoms with Gasteiger partial charge in [0.25, 0.3) is 0 Å². The first-order valence-electron chi connectivity index (χ1n) is 5.59. The maximum atomic E-state index is 5.94. The lowest BCUT2D eigenvalue weighted by Crippen LogP contribution is -2.30. The van der Waals surface area contributed by atoms with Gasteiger partial charge in [-0.2, -0.15) is 0 Å². The molecule has 16 heavy (non-hydrogen) atoms. The maximum absolute atomic E-state index is 5.94. The lowest BCUT2D eigenvalue weighted by Gasteiger charge is -2.27. The minimum Gasteiger partial charge on any atom is -0.454 e. The fourth-order valence-electron chi connectivity index (χ4n) is 2.17. The van der Waals surface area contributed by atoms with E-state index in [9.17, 15) is 0 Å². The zero-order valence-corrected chi connectivity index (χ0v) is 9.02. The minimum atomic E-state index is 0.0956. The van der Waals surface area contributed by atoms with E-state index in [1.54, 1.807) is 0 Å². The van der Waals surface area contributed by atoms with Crippen molar-refractivity contribution in [2.24, 2.45) is 5.73 Å². The maximum Gasteiger partial charge on any atom is 0.231 e. The van der Waals surface area contributed by atoms with E-state index in [4.69, 9.17) is 19.9 Å². The molecule has 0 unspecified atom stereocenters. The van der Waals surface area contributed by atoms with Crippen LogP contribution in [-0.4, -0.2) is 19.4 Å². The van der Waals surface area contributed by atoms with Crippen LogP contribution in [0.15, 0.2) is 18.2 Å². The summed E-state index contributed by atoms with van der Waals surface area (Å²) in [7, 11) is 0. The fourth-order valence-corrected chi connectivity index (χ4v) is 2.17. The summed E-state index contributed by atoms with van der Waals surface area (Å²) >= 11 is 0. The number of hydrogen-bond acceptors (Lipinski definition) is 4. The van der Waals surface area contributed by atoms with Crippen molar-refractivity contribution in [3.63, 3.8) is 0 Å². The van der Waals surface area contributed by atoms with Crippen molar-refractivity contribution in [2.45, 2.75) is 25.0 Å². The van der Waals surface area contributed by atoms with E-state index in [0.717, 1.165) is 36.5 Å². The van der Waals surface area contributed by atoms with E-state index in [0.29, 0.717) is 6.79 Å². The highest BCUT2D eigenvalue weighted by atomic mass is 16.7. The highest BCUT2D eigenvalue weighted by Crippen LogP contribution is 2.36. The second-order valence-corrected chi connectivity index (χ2v) is 4.26. The first-order chi connectivity index (χ1) is 7.83. The van der Waals surface area contributed by atoms with E-state index in [2.05, 4.69) is 0 Å². The molecule has 1 aromatic carbocycles. The number of ether oxygens (including phenoxy) is 3. The van der Waals surface area contributed by atoms with Crippen molar-refractivity contribution in [3.05, 3.63) is 23.8 Å². The van der Waals surface area contributed by atoms with Crippen LogP contribution in [0, 0.1) is 0 Å². The molecule has 0 aliphatic carbocycles. The van der Waals surface area contributed by atoms with Crippen LogP contribution in [0.2, 0.25) is 0 Å². The van der Waals surface area contributed by atoms with Crippen LogP contribution in [0.5, 0.6) is 11.5 Å². The third-order valence-electron chi connectivity index (χ3n) is 3.09. The minimum absolute atomic E-state index is 0.0956. The van der Waals surface area contributed by atoms with Gasteiger partial charge in [-0.1, -0.05) is 6.07 Å². The molecule has 1 saturated heterocycles. The van der Waals surface area contributed by atoms with E-state index in [-0.39, 0.29) is 12.1 Å². The smallest absolute Gasteiger partial charge is 0.231 e. The molecule has 0 saturated carbocycles. The Kier molecular flexibility index (Phi) is 2.46. The molecule has 0 radical (unpaired) electrons. The monoisotopic (exact) mass is 221 g/mol. The first-order valence-corrected chi connectivity index (χ1v) is 5.59. The van der Waals surface area contributed by atoms with Gasteiger partial charge < -0.3 is 19.9 Å². The Morgan fingerprint density at radius 1 is 1.19 bits per heavy atom. The van der Waals surface area contributed by atoms with Crippen LogP contribution in [0.1, 0.15) is 24.5 Å². The average Bonchev–Trinajstić information content (AvgIpc) is 2.75. The second kappa shape index (κ2) is 3.96. The van der Waals surface area contributed by atoms with Crippen LogP contribution in [0.3, 0.4) is 0 Å². The largest absolute Gasteiger partial charge is 0.454 e. The van der Waals surface area contributed by atoms with Crippen LogP contribution in [0.25, 0.3) is 0 Å². The third kappa shape index (κ3) is 1.74. The standard InChI is InChI=1S/C12H15NO3/c13-9-3-4-14-11(6-9)8-1-2-10-12(5-8)16-7-15-10/h1-2,5,9,11H,3-4,6-7,13H2/t9-,11+/m1/s1. The van der Waals surface area contributed by atoms with Gasteiger partial charge in [0.2, 0.25) is 6.79 Å². The molecule has 3 rings (SSSR count). The molecule has 1 aromatic rings. The SMILES string of the molecule is N[C@@H]1CCO[C@H](c2ccc3c(c2)OCO3)C1. The summed E-state index contributed by atoms with van der Waals surface area (Å²) in [6.45, 7) is 1.05. The van der Waals surface area contributed by atoms with Gasteiger partial charge >= 0.3 is 0 Å². The number of fused-ring (bicyclic) bond motifs is 1. The van der Waals surface area contributed by atoms with Gasteiger partial charge in [0.15, 0.2) is 11.5 Å². The zero-order valence-electron chi connectivity index (χ0n) is 9.02. The van der Waals surface area contributed by atoms with E-state index in [1.165, 1.54) is 0 Å². The number of hydrogen-bond donors (Lipinski definition) is 1. The summed E-state index contributed by atoms with van der Waals surface area (Å²) in [5.41, 5.74) is 7.06. The van der Waals surface area contributed by atoms with Gasteiger partial charge in [-0.3, -0.25) is 0 Å². The van der Waals surface area contributed by atoms with Gasteiger partial charge in [-0.05, 0) is 30.5 Å². The second-order valence-electron chi connectivity index (χ2n) is 4.26. The Balaban J connectivity index is 1.83. The quantitative estimate of drug-likeness (QED) is 0.782. The summed E-state index contributed by atoms with van der Waals surface area (Å²) in [5, 5.41) is 0. The zero-order chi connectivity index (χ0) is 11.0. The highest BCUT2D eigenvalue weighted by Gasteiger charge is 2.23. The van der Waals surface area contributed by atoms with E-state index in [1.807, 2.05) is 18.2 Å². The number of benzene rings is 1. The Morgan fingerprint density at radius 2 is 2.06 bits per heavy atom. The molecule has 2 N–H and O–H groups in total. The molecule has 0 amide bonds. The van der Waals surface area contributed by atoms with Gasteiger partial charge in [0.05, 0.1) is 6.10 Å². The number of nitrogens with two attached hydrogens (primary N) is 1.